The summed E-state index contributed by atoms with van der Waals surface area (Å²) in [6.07, 6.45) is 0. The number of halogens is 1. The van der Waals surface area contributed by atoms with Crippen molar-refractivity contribution in [2.75, 3.05) is 10.6 Å². The van der Waals surface area contributed by atoms with Crippen LogP contribution in [0.3, 0.4) is 0 Å². The van der Waals surface area contributed by atoms with Gasteiger partial charge in [0.15, 0.2) is 3.92 Å². The zero-order chi connectivity index (χ0) is 13.9. The molecule has 0 saturated carbocycles. The molecule has 0 fully saturated rings. The molecule has 0 spiro atoms. The molecule has 3 aromatic rings. The molecule has 0 atom stereocenters. The van der Waals surface area contributed by atoms with Gasteiger partial charge in [-0.3, -0.25) is 5.32 Å². The van der Waals surface area contributed by atoms with Crippen LogP contribution in [0, 0.1) is 0 Å². The van der Waals surface area contributed by atoms with Crippen LogP contribution in [-0.4, -0.2) is 16.2 Å². The molecule has 3 rings (SSSR count). The van der Waals surface area contributed by atoms with E-state index >= 15 is 0 Å². The molecule has 1 heterocycles. The SMILES string of the molecule is O=C(Nc1ccc2ccccc2c1)Nc1nnc(Br)s1. The molecule has 20 heavy (non-hydrogen) atoms. The Labute approximate surface area is 127 Å². The Morgan fingerprint density at radius 3 is 2.60 bits per heavy atom. The van der Waals surface area contributed by atoms with Crippen LogP contribution in [0.15, 0.2) is 46.4 Å². The van der Waals surface area contributed by atoms with Crippen molar-refractivity contribution < 1.29 is 4.79 Å². The summed E-state index contributed by atoms with van der Waals surface area (Å²) in [4.78, 5) is 11.8. The number of fused-ring (bicyclic) bond motifs is 1. The second-order valence-corrected chi connectivity index (χ2v) is 6.25. The number of hydrogen-bond acceptors (Lipinski definition) is 4. The van der Waals surface area contributed by atoms with Crippen molar-refractivity contribution in [1.82, 2.24) is 10.2 Å². The molecule has 2 aromatic carbocycles. The molecular formula is C13H9BrN4OS. The minimum Gasteiger partial charge on any atom is -0.308 e. The first-order valence-electron chi connectivity index (χ1n) is 5.76. The number of urea groups is 1. The Balaban J connectivity index is 1.73. The van der Waals surface area contributed by atoms with Gasteiger partial charge in [0.05, 0.1) is 0 Å². The smallest absolute Gasteiger partial charge is 0.308 e. The highest BCUT2D eigenvalue weighted by Gasteiger charge is 2.07. The van der Waals surface area contributed by atoms with E-state index in [1.54, 1.807) is 0 Å². The van der Waals surface area contributed by atoms with Crippen molar-refractivity contribution >= 4 is 54.9 Å². The largest absolute Gasteiger partial charge is 0.325 e. The number of carbonyl (C=O) groups excluding carboxylic acids is 1. The van der Waals surface area contributed by atoms with Crippen molar-refractivity contribution in [1.29, 1.82) is 0 Å². The van der Waals surface area contributed by atoms with Gasteiger partial charge < -0.3 is 5.32 Å². The molecule has 0 radical (unpaired) electrons. The molecule has 2 N–H and O–H groups in total. The fourth-order valence-electron chi connectivity index (χ4n) is 1.78. The number of aromatic nitrogens is 2. The van der Waals surface area contributed by atoms with Gasteiger partial charge in [-0.25, -0.2) is 4.79 Å². The standard InChI is InChI=1S/C13H9BrN4OS/c14-11-17-18-13(20-11)16-12(19)15-10-6-5-8-3-1-2-4-9(8)7-10/h1-7H,(H2,15,16,18,19). The Bertz CT molecular complexity index is 774. The average Bonchev–Trinajstić information content (AvgIpc) is 2.83. The Morgan fingerprint density at radius 2 is 1.85 bits per heavy atom. The summed E-state index contributed by atoms with van der Waals surface area (Å²) in [6.45, 7) is 0. The predicted molar refractivity (Wildman–Crippen MR) is 84.2 cm³/mol. The number of benzene rings is 2. The van der Waals surface area contributed by atoms with Crippen LogP contribution in [-0.2, 0) is 0 Å². The summed E-state index contributed by atoms with van der Waals surface area (Å²) in [5.74, 6) is 0. The molecule has 100 valence electrons. The molecular weight excluding hydrogens is 340 g/mol. The van der Waals surface area contributed by atoms with Crippen LogP contribution in [0.2, 0.25) is 0 Å². The first kappa shape index (κ1) is 13.0. The van der Waals surface area contributed by atoms with E-state index in [-0.39, 0.29) is 6.03 Å². The molecule has 5 nitrogen and oxygen atoms in total. The lowest BCUT2D eigenvalue weighted by Crippen LogP contribution is -2.19. The fraction of sp³-hybridized carbons (Fsp3) is 0. The van der Waals surface area contributed by atoms with Crippen molar-refractivity contribution in [3.8, 4) is 0 Å². The molecule has 0 aliphatic carbocycles. The number of nitrogens with zero attached hydrogens (tertiary/aromatic N) is 2. The minimum atomic E-state index is -0.344. The van der Waals surface area contributed by atoms with Gasteiger partial charge in [-0.15, -0.1) is 10.2 Å². The minimum absolute atomic E-state index is 0.344. The normalized spacial score (nSPS) is 10.4. The summed E-state index contributed by atoms with van der Waals surface area (Å²) in [5, 5.41) is 15.6. The number of nitrogens with one attached hydrogen (secondary N) is 2. The second-order valence-electron chi connectivity index (χ2n) is 4.00. The zero-order valence-corrected chi connectivity index (χ0v) is 12.5. The summed E-state index contributed by atoms with van der Waals surface area (Å²) in [6, 6.07) is 13.4. The number of hydrogen-bond donors (Lipinski definition) is 2. The van der Waals surface area contributed by atoms with Crippen LogP contribution < -0.4 is 10.6 Å². The lowest BCUT2D eigenvalue weighted by molar-refractivity contribution is 0.262. The summed E-state index contributed by atoms with van der Waals surface area (Å²) in [7, 11) is 0. The van der Waals surface area contributed by atoms with Gasteiger partial charge in [0.25, 0.3) is 0 Å². The van der Waals surface area contributed by atoms with E-state index < -0.39 is 0 Å². The van der Waals surface area contributed by atoms with E-state index in [1.807, 2.05) is 42.5 Å². The predicted octanol–water partition coefficient (Wildman–Crippen LogP) is 4.10. The average molecular weight is 349 g/mol. The first-order chi connectivity index (χ1) is 9.70. The number of rotatable bonds is 2. The Kier molecular flexibility index (Phi) is 3.62. The third-order valence-corrected chi connectivity index (χ3v) is 3.90. The van der Waals surface area contributed by atoms with E-state index in [4.69, 9.17) is 0 Å². The topological polar surface area (TPSA) is 66.9 Å². The molecule has 2 amide bonds. The zero-order valence-electron chi connectivity index (χ0n) is 10.1. The molecule has 7 heteroatoms. The van der Waals surface area contributed by atoms with Gasteiger partial charge in [0, 0.05) is 5.69 Å². The molecule has 0 unspecified atom stereocenters. The molecule has 1 aromatic heterocycles. The van der Waals surface area contributed by atoms with Gasteiger partial charge in [0.1, 0.15) is 0 Å². The summed E-state index contributed by atoms with van der Waals surface area (Å²) >= 11 is 4.44. The van der Waals surface area contributed by atoms with Crippen LogP contribution in [0.5, 0.6) is 0 Å². The lowest BCUT2D eigenvalue weighted by Gasteiger charge is -2.06. The quantitative estimate of drug-likeness (QED) is 0.732. The maximum Gasteiger partial charge on any atom is 0.325 e. The Morgan fingerprint density at radius 1 is 1.05 bits per heavy atom. The molecule has 0 aliphatic rings. The van der Waals surface area contributed by atoms with Gasteiger partial charge >= 0.3 is 6.03 Å². The van der Waals surface area contributed by atoms with Crippen LogP contribution >= 0.6 is 27.3 Å². The third kappa shape index (κ3) is 2.94. The van der Waals surface area contributed by atoms with Crippen molar-refractivity contribution in [3.05, 3.63) is 46.4 Å². The van der Waals surface area contributed by atoms with Crippen LogP contribution in [0.25, 0.3) is 10.8 Å². The summed E-state index contributed by atoms with van der Waals surface area (Å²) < 4.78 is 0.624. The van der Waals surface area contributed by atoms with Gasteiger partial charge in [-0.2, -0.15) is 0 Å². The van der Waals surface area contributed by atoms with Crippen molar-refractivity contribution in [2.24, 2.45) is 0 Å². The summed E-state index contributed by atoms with van der Waals surface area (Å²) in [5.41, 5.74) is 0.727. The van der Waals surface area contributed by atoms with Crippen LogP contribution in [0.1, 0.15) is 0 Å². The van der Waals surface area contributed by atoms with E-state index in [2.05, 4.69) is 36.8 Å². The third-order valence-electron chi connectivity index (χ3n) is 2.63. The maximum absolute atomic E-state index is 11.8. The number of amides is 2. The lowest BCUT2D eigenvalue weighted by atomic mass is 10.1. The number of carbonyl (C=O) groups is 1. The highest BCUT2D eigenvalue weighted by Crippen LogP contribution is 2.21. The van der Waals surface area contributed by atoms with E-state index in [1.165, 1.54) is 11.3 Å². The molecule has 0 aliphatic heterocycles. The highest BCUT2D eigenvalue weighted by molar-refractivity contribution is 9.11. The maximum atomic E-state index is 11.8. The second kappa shape index (κ2) is 5.56. The van der Waals surface area contributed by atoms with Gasteiger partial charge in [-0.1, -0.05) is 41.7 Å². The van der Waals surface area contributed by atoms with Crippen molar-refractivity contribution in [2.45, 2.75) is 0 Å². The monoisotopic (exact) mass is 348 g/mol. The van der Waals surface area contributed by atoms with E-state index in [9.17, 15) is 4.79 Å². The fourth-order valence-corrected chi connectivity index (χ4v) is 2.79. The number of anilines is 2. The van der Waals surface area contributed by atoms with E-state index in [0.29, 0.717) is 9.05 Å². The van der Waals surface area contributed by atoms with E-state index in [0.717, 1.165) is 16.5 Å². The van der Waals surface area contributed by atoms with Crippen LogP contribution in [0.4, 0.5) is 15.6 Å². The van der Waals surface area contributed by atoms with Gasteiger partial charge in [-0.05, 0) is 38.8 Å². The molecule has 0 bridgehead atoms. The first-order valence-corrected chi connectivity index (χ1v) is 7.37. The van der Waals surface area contributed by atoms with Crippen molar-refractivity contribution in [3.63, 3.8) is 0 Å². The molecule has 0 saturated heterocycles. The highest BCUT2D eigenvalue weighted by atomic mass is 79.9. The van der Waals surface area contributed by atoms with Gasteiger partial charge in [0.2, 0.25) is 5.13 Å². The Hall–Kier alpha value is -1.99.